The molecule has 0 radical (unpaired) electrons. The number of nitrogens with two attached hydrogens (primary N) is 2. The molecule has 2 heterocycles. The molecule has 1 aromatic carbocycles. The van der Waals surface area contributed by atoms with Crippen LogP contribution in [0.2, 0.25) is 0 Å². The number of thiol groups is 1. The van der Waals surface area contributed by atoms with Gasteiger partial charge in [-0.3, -0.25) is 19.2 Å². The fourth-order valence-electron chi connectivity index (χ4n) is 3.87. The molecule has 0 saturated heterocycles. The molecule has 4 unspecified atom stereocenters. The molecule has 15 heteroatoms. The molecule has 3 rings (SSSR count). The minimum atomic E-state index is -1.44. The van der Waals surface area contributed by atoms with Crippen molar-refractivity contribution < 1.29 is 29.1 Å². The molecule has 0 aliphatic heterocycles. The number of aromatic amines is 2. The number of fused-ring (bicyclic) bond motifs is 1. The zero-order chi connectivity index (χ0) is 28.5. The van der Waals surface area contributed by atoms with Crippen LogP contribution < -0.4 is 27.4 Å². The molecule has 4 atom stereocenters. The molecular weight excluding hydrogens is 528 g/mol. The number of para-hydroxylation sites is 1. The Hall–Kier alpha value is -4.37. The molecular formula is C24H30N8O6S. The van der Waals surface area contributed by atoms with E-state index in [1.165, 1.54) is 12.5 Å². The van der Waals surface area contributed by atoms with Crippen molar-refractivity contribution >= 4 is 53.1 Å². The van der Waals surface area contributed by atoms with Gasteiger partial charge in [-0.1, -0.05) is 18.2 Å². The number of rotatable bonds is 14. The number of carbonyl (C=O) groups excluding carboxylic acids is 4. The van der Waals surface area contributed by atoms with Gasteiger partial charge < -0.3 is 42.5 Å². The average Bonchev–Trinajstić information content (AvgIpc) is 3.55. The SMILES string of the molecule is NC(=O)CC(NC(=O)C(N)Cc1cnc[nH]1)C(=O)NC(Cc1c[nH]c2ccccc12)C(=O)NC(CS)C(=O)O. The van der Waals surface area contributed by atoms with Gasteiger partial charge in [0, 0.05) is 47.6 Å². The number of nitrogens with one attached hydrogen (secondary N) is 5. The Morgan fingerprint density at radius 3 is 2.26 bits per heavy atom. The maximum absolute atomic E-state index is 13.2. The number of nitrogens with zero attached hydrogens (tertiary/aromatic N) is 1. The summed E-state index contributed by atoms with van der Waals surface area (Å²) in [7, 11) is 0. The fourth-order valence-corrected chi connectivity index (χ4v) is 4.12. The molecule has 14 nitrogen and oxygen atoms in total. The highest BCUT2D eigenvalue weighted by molar-refractivity contribution is 7.80. The van der Waals surface area contributed by atoms with E-state index in [1.807, 2.05) is 18.2 Å². The highest BCUT2D eigenvalue weighted by Crippen LogP contribution is 2.19. The summed E-state index contributed by atoms with van der Waals surface area (Å²) >= 11 is 3.96. The number of hydrogen-bond donors (Lipinski definition) is 9. The predicted molar refractivity (Wildman–Crippen MR) is 143 cm³/mol. The van der Waals surface area contributed by atoms with Gasteiger partial charge in [0.2, 0.25) is 23.6 Å². The topological polar surface area (TPSA) is 238 Å². The van der Waals surface area contributed by atoms with Gasteiger partial charge in [-0.25, -0.2) is 9.78 Å². The third kappa shape index (κ3) is 8.05. The van der Waals surface area contributed by atoms with Crippen LogP contribution in [0.5, 0.6) is 0 Å². The summed E-state index contributed by atoms with van der Waals surface area (Å²) in [5.74, 6) is -4.78. The van der Waals surface area contributed by atoms with E-state index >= 15 is 0 Å². The fraction of sp³-hybridized carbons (Fsp3) is 0.333. The van der Waals surface area contributed by atoms with Gasteiger partial charge in [0.15, 0.2) is 0 Å². The van der Waals surface area contributed by atoms with Crippen LogP contribution >= 0.6 is 12.6 Å². The standard InChI is InChI=1S/C24H30N8O6S/c25-15(6-13-9-27-11-29-13)21(34)30-18(7-20(26)33)23(36)31-17(22(35)32-19(10-39)24(37)38)5-12-8-28-16-4-2-1-3-14(12)16/h1-4,8-9,11,15,17-19,28,39H,5-7,10,25H2,(H2,26,33)(H,27,29)(H,30,34)(H,31,36)(H,32,35)(H,37,38). The zero-order valence-corrected chi connectivity index (χ0v) is 21.6. The summed E-state index contributed by atoms with van der Waals surface area (Å²) in [4.78, 5) is 71.9. The van der Waals surface area contributed by atoms with Crippen molar-refractivity contribution in [3.05, 3.63) is 54.2 Å². The van der Waals surface area contributed by atoms with Gasteiger partial charge in [0.05, 0.1) is 18.8 Å². The molecule has 0 fully saturated rings. The molecule has 0 aliphatic rings. The minimum absolute atomic E-state index is 0.0307. The molecule has 10 N–H and O–H groups in total. The largest absolute Gasteiger partial charge is 0.480 e. The summed E-state index contributed by atoms with van der Waals surface area (Å²) in [6.07, 6.45) is 4.07. The van der Waals surface area contributed by atoms with Crippen LogP contribution in [0.15, 0.2) is 43.0 Å². The smallest absolute Gasteiger partial charge is 0.327 e. The lowest BCUT2D eigenvalue weighted by Gasteiger charge is -2.24. The van der Waals surface area contributed by atoms with Crippen LogP contribution in [0.25, 0.3) is 10.9 Å². The summed E-state index contributed by atoms with van der Waals surface area (Å²) in [6.45, 7) is 0. The third-order valence-corrected chi connectivity index (χ3v) is 6.26. The number of amides is 4. The van der Waals surface area contributed by atoms with Crippen LogP contribution in [0, 0.1) is 0 Å². The predicted octanol–water partition coefficient (Wildman–Crippen LogP) is -1.65. The van der Waals surface area contributed by atoms with Gasteiger partial charge in [-0.2, -0.15) is 12.6 Å². The van der Waals surface area contributed by atoms with Crippen LogP contribution in [0.1, 0.15) is 17.7 Å². The maximum atomic E-state index is 13.2. The lowest BCUT2D eigenvalue weighted by molar-refractivity contribution is -0.141. The van der Waals surface area contributed by atoms with Crippen LogP contribution in [0.4, 0.5) is 0 Å². The van der Waals surface area contributed by atoms with E-state index in [0.29, 0.717) is 11.3 Å². The first-order valence-corrected chi connectivity index (χ1v) is 12.5. The summed E-state index contributed by atoms with van der Waals surface area (Å²) in [5, 5.41) is 17.4. The first-order valence-electron chi connectivity index (χ1n) is 11.9. The Kier molecular flexibility index (Phi) is 10.1. The Morgan fingerprint density at radius 2 is 1.62 bits per heavy atom. The van der Waals surface area contributed by atoms with E-state index in [1.54, 1.807) is 12.3 Å². The molecule has 0 saturated carbocycles. The second-order valence-electron chi connectivity index (χ2n) is 8.83. The highest BCUT2D eigenvalue weighted by atomic mass is 32.1. The van der Waals surface area contributed by atoms with Crippen molar-refractivity contribution in [3.63, 3.8) is 0 Å². The Labute approximate surface area is 228 Å². The summed E-state index contributed by atoms with van der Waals surface area (Å²) in [6, 6.07) is 2.18. The van der Waals surface area contributed by atoms with Gasteiger partial charge >= 0.3 is 5.97 Å². The zero-order valence-electron chi connectivity index (χ0n) is 20.7. The number of hydrogen-bond acceptors (Lipinski definition) is 8. The van der Waals surface area contributed by atoms with E-state index in [9.17, 15) is 29.1 Å². The molecule has 3 aromatic rings. The molecule has 208 valence electrons. The number of primary amides is 1. The second-order valence-corrected chi connectivity index (χ2v) is 9.19. The second kappa shape index (κ2) is 13.4. The highest BCUT2D eigenvalue weighted by Gasteiger charge is 2.31. The quantitative estimate of drug-likeness (QED) is 0.104. The van der Waals surface area contributed by atoms with Crippen molar-refractivity contribution in [1.82, 2.24) is 30.9 Å². The molecule has 0 bridgehead atoms. The minimum Gasteiger partial charge on any atom is -0.480 e. The third-order valence-electron chi connectivity index (χ3n) is 5.90. The maximum Gasteiger partial charge on any atom is 0.327 e. The molecule has 4 amide bonds. The molecule has 0 aliphatic carbocycles. The monoisotopic (exact) mass is 558 g/mol. The Morgan fingerprint density at radius 1 is 0.949 bits per heavy atom. The van der Waals surface area contributed by atoms with Crippen LogP contribution in [-0.2, 0) is 36.8 Å². The number of aliphatic carboxylic acids is 1. The van der Waals surface area contributed by atoms with Crippen LogP contribution in [-0.4, -0.2) is 79.6 Å². The van der Waals surface area contributed by atoms with E-state index in [-0.39, 0.29) is 18.6 Å². The lowest BCUT2D eigenvalue weighted by Crippen LogP contribution is -2.58. The van der Waals surface area contributed by atoms with E-state index in [4.69, 9.17) is 11.5 Å². The van der Waals surface area contributed by atoms with Crippen molar-refractivity contribution in [2.45, 2.75) is 43.4 Å². The number of benzene rings is 1. The number of H-pyrrole nitrogens is 2. The number of imidazole rings is 1. The van der Waals surface area contributed by atoms with E-state index in [0.717, 1.165) is 10.9 Å². The van der Waals surface area contributed by atoms with Gasteiger partial charge in [0.25, 0.3) is 0 Å². The molecule has 0 spiro atoms. The average molecular weight is 559 g/mol. The Balaban J connectivity index is 1.80. The number of carboxylic acids is 1. The van der Waals surface area contributed by atoms with Crippen molar-refractivity contribution in [2.75, 3.05) is 5.75 Å². The van der Waals surface area contributed by atoms with Gasteiger partial charge in [0.1, 0.15) is 18.1 Å². The van der Waals surface area contributed by atoms with Crippen LogP contribution in [0.3, 0.4) is 0 Å². The normalized spacial score (nSPS) is 14.1. The first-order chi connectivity index (χ1) is 18.6. The van der Waals surface area contributed by atoms with E-state index < -0.39 is 60.2 Å². The summed E-state index contributed by atoms with van der Waals surface area (Å²) < 4.78 is 0. The molecule has 39 heavy (non-hydrogen) atoms. The van der Waals surface area contributed by atoms with Gasteiger partial charge in [-0.15, -0.1) is 0 Å². The van der Waals surface area contributed by atoms with E-state index in [2.05, 4.69) is 43.5 Å². The van der Waals surface area contributed by atoms with Crippen molar-refractivity contribution in [3.8, 4) is 0 Å². The van der Waals surface area contributed by atoms with Crippen molar-refractivity contribution in [1.29, 1.82) is 0 Å². The van der Waals surface area contributed by atoms with Gasteiger partial charge in [-0.05, 0) is 11.6 Å². The number of aromatic nitrogens is 3. The molecule has 2 aromatic heterocycles. The number of carboxylic acid groups (broad SMARTS) is 1. The number of carbonyl (C=O) groups is 5. The lowest BCUT2D eigenvalue weighted by atomic mass is 10.0. The first kappa shape index (κ1) is 29.2. The Bertz CT molecular complexity index is 1330. The van der Waals surface area contributed by atoms with Crippen molar-refractivity contribution in [2.24, 2.45) is 11.5 Å². The summed E-state index contributed by atoms with van der Waals surface area (Å²) in [5.41, 5.74) is 13.3.